The number of nitrogens with zero attached hydrogens (tertiary/aromatic N) is 1. The molecule has 4 rings (SSSR count). The summed E-state index contributed by atoms with van der Waals surface area (Å²) in [5, 5.41) is 11.4. The van der Waals surface area contributed by atoms with Gasteiger partial charge in [-0.05, 0) is 85.8 Å². The molecule has 1 heterocycles. The average molecular weight is 500 g/mol. The van der Waals surface area contributed by atoms with Crippen LogP contribution in [0.4, 0.5) is 5.69 Å². The Labute approximate surface area is 218 Å². The molecule has 1 aliphatic heterocycles. The molecule has 0 spiro atoms. The van der Waals surface area contributed by atoms with Crippen molar-refractivity contribution >= 4 is 23.1 Å². The minimum atomic E-state index is -0.797. The van der Waals surface area contributed by atoms with Gasteiger partial charge in [0.2, 0.25) is 0 Å². The van der Waals surface area contributed by atoms with Crippen molar-refractivity contribution in [3.63, 3.8) is 0 Å². The maximum atomic E-state index is 13.4. The number of Topliss-reactive ketones (excluding diaryl/α,β-unsaturated/α-hetero) is 1. The standard InChI is InChI=1S/C31H33NO5/c1-6-36-25-13-10-22(11-14-25)28-27(30(34)31(35)32(28)24-9-7-8-20(4)16-24)29(33)23-12-15-26(21(5)17-23)37-18-19(2)3/h7-17,19,28,33H,6,18H2,1-5H3/b29-27-. The summed E-state index contributed by atoms with van der Waals surface area (Å²) in [6.07, 6.45) is 0. The number of hydrogen-bond donors (Lipinski definition) is 1. The Hall–Kier alpha value is -4.06. The molecular formula is C31H33NO5. The minimum absolute atomic E-state index is 0.0471. The first kappa shape index (κ1) is 26.0. The van der Waals surface area contributed by atoms with Gasteiger partial charge in [-0.3, -0.25) is 14.5 Å². The van der Waals surface area contributed by atoms with Crippen LogP contribution in [0.1, 0.15) is 49.1 Å². The summed E-state index contributed by atoms with van der Waals surface area (Å²) < 4.78 is 11.4. The molecular weight excluding hydrogens is 466 g/mol. The fourth-order valence-electron chi connectivity index (χ4n) is 4.48. The predicted octanol–water partition coefficient (Wildman–Crippen LogP) is 6.36. The molecule has 6 heteroatoms. The number of benzene rings is 3. The van der Waals surface area contributed by atoms with Gasteiger partial charge in [0.05, 0.1) is 24.8 Å². The van der Waals surface area contributed by atoms with Crippen LogP contribution < -0.4 is 14.4 Å². The molecule has 1 aliphatic rings. The van der Waals surface area contributed by atoms with Crippen LogP contribution >= 0.6 is 0 Å². The first-order valence-corrected chi connectivity index (χ1v) is 12.6. The van der Waals surface area contributed by atoms with Crippen LogP contribution in [0, 0.1) is 19.8 Å². The Morgan fingerprint density at radius 2 is 1.70 bits per heavy atom. The lowest BCUT2D eigenvalue weighted by atomic mass is 9.94. The molecule has 1 atom stereocenters. The number of hydrogen-bond acceptors (Lipinski definition) is 5. The second-order valence-electron chi connectivity index (χ2n) is 9.70. The fraction of sp³-hybridized carbons (Fsp3) is 0.290. The summed E-state index contributed by atoms with van der Waals surface area (Å²) >= 11 is 0. The third-order valence-corrected chi connectivity index (χ3v) is 6.25. The maximum absolute atomic E-state index is 13.4. The van der Waals surface area contributed by atoms with Crippen LogP contribution in [0.5, 0.6) is 11.5 Å². The summed E-state index contributed by atoms with van der Waals surface area (Å²) in [6.45, 7) is 11.0. The molecule has 1 N–H and O–H groups in total. The van der Waals surface area contributed by atoms with Crippen LogP contribution in [0.25, 0.3) is 5.76 Å². The molecule has 1 fully saturated rings. The summed E-state index contributed by atoms with van der Waals surface area (Å²) in [4.78, 5) is 28.2. The van der Waals surface area contributed by atoms with Crippen molar-refractivity contribution in [1.29, 1.82) is 0 Å². The number of ketones is 1. The molecule has 1 saturated heterocycles. The van der Waals surface area contributed by atoms with Crippen molar-refractivity contribution in [2.24, 2.45) is 5.92 Å². The Morgan fingerprint density at radius 1 is 0.973 bits per heavy atom. The van der Waals surface area contributed by atoms with E-state index in [2.05, 4.69) is 13.8 Å². The van der Waals surface area contributed by atoms with E-state index in [1.54, 1.807) is 36.4 Å². The van der Waals surface area contributed by atoms with Gasteiger partial charge in [-0.1, -0.05) is 38.1 Å². The van der Waals surface area contributed by atoms with Crippen LogP contribution in [-0.2, 0) is 9.59 Å². The monoisotopic (exact) mass is 499 g/mol. The van der Waals surface area contributed by atoms with Gasteiger partial charge in [0.1, 0.15) is 17.3 Å². The average Bonchev–Trinajstić information content (AvgIpc) is 3.13. The number of aryl methyl sites for hydroxylation is 2. The van der Waals surface area contributed by atoms with E-state index in [9.17, 15) is 14.7 Å². The highest BCUT2D eigenvalue weighted by Crippen LogP contribution is 2.43. The van der Waals surface area contributed by atoms with Crippen LogP contribution in [0.3, 0.4) is 0 Å². The lowest BCUT2D eigenvalue weighted by molar-refractivity contribution is -0.132. The van der Waals surface area contributed by atoms with Gasteiger partial charge >= 0.3 is 0 Å². The number of aliphatic hydroxyl groups excluding tert-OH is 1. The summed E-state index contributed by atoms with van der Waals surface area (Å²) in [5.74, 6) is 0.153. The normalized spacial score (nSPS) is 16.9. The van der Waals surface area contributed by atoms with Gasteiger partial charge in [-0.15, -0.1) is 0 Å². The summed E-state index contributed by atoms with van der Waals surface area (Å²) in [7, 11) is 0. The largest absolute Gasteiger partial charge is 0.507 e. The van der Waals surface area contributed by atoms with Crippen molar-refractivity contribution in [3.8, 4) is 11.5 Å². The Morgan fingerprint density at radius 3 is 2.32 bits per heavy atom. The van der Waals surface area contributed by atoms with Gasteiger partial charge in [0.15, 0.2) is 0 Å². The van der Waals surface area contributed by atoms with E-state index in [4.69, 9.17) is 9.47 Å². The predicted molar refractivity (Wildman–Crippen MR) is 145 cm³/mol. The molecule has 0 saturated carbocycles. The van der Waals surface area contributed by atoms with Gasteiger partial charge in [0, 0.05) is 11.3 Å². The number of rotatable bonds is 8. The Bertz CT molecular complexity index is 1340. The topological polar surface area (TPSA) is 76.1 Å². The van der Waals surface area contributed by atoms with Crippen molar-refractivity contribution in [3.05, 3.63) is 94.6 Å². The minimum Gasteiger partial charge on any atom is -0.507 e. The van der Waals surface area contributed by atoms with E-state index in [1.807, 2.05) is 51.1 Å². The molecule has 3 aromatic carbocycles. The molecule has 0 radical (unpaired) electrons. The van der Waals surface area contributed by atoms with E-state index < -0.39 is 17.7 Å². The molecule has 192 valence electrons. The van der Waals surface area contributed by atoms with E-state index in [-0.39, 0.29) is 11.3 Å². The smallest absolute Gasteiger partial charge is 0.300 e. The highest BCUT2D eigenvalue weighted by Gasteiger charge is 2.47. The lowest BCUT2D eigenvalue weighted by Gasteiger charge is -2.26. The Kier molecular flexibility index (Phi) is 7.67. The number of ether oxygens (including phenoxy) is 2. The molecule has 0 bridgehead atoms. The van der Waals surface area contributed by atoms with Gasteiger partial charge in [-0.25, -0.2) is 0 Å². The second kappa shape index (κ2) is 10.9. The highest BCUT2D eigenvalue weighted by atomic mass is 16.5. The van der Waals surface area contributed by atoms with Crippen LogP contribution in [0.2, 0.25) is 0 Å². The fourth-order valence-corrected chi connectivity index (χ4v) is 4.48. The molecule has 1 unspecified atom stereocenters. The molecule has 0 aromatic heterocycles. The van der Waals surface area contributed by atoms with Gasteiger partial charge < -0.3 is 14.6 Å². The molecule has 3 aromatic rings. The quantitative estimate of drug-likeness (QED) is 0.222. The second-order valence-corrected chi connectivity index (χ2v) is 9.70. The third kappa shape index (κ3) is 5.38. The third-order valence-electron chi connectivity index (χ3n) is 6.25. The Balaban J connectivity index is 1.84. The zero-order valence-corrected chi connectivity index (χ0v) is 21.9. The van der Waals surface area contributed by atoms with Crippen molar-refractivity contribution in [2.45, 2.75) is 40.7 Å². The van der Waals surface area contributed by atoms with E-state index >= 15 is 0 Å². The zero-order chi connectivity index (χ0) is 26.7. The van der Waals surface area contributed by atoms with Crippen LogP contribution in [0.15, 0.2) is 72.3 Å². The molecule has 1 amide bonds. The van der Waals surface area contributed by atoms with E-state index in [0.717, 1.165) is 11.1 Å². The van der Waals surface area contributed by atoms with Crippen LogP contribution in [-0.4, -0.2) is 30.0 Å². The molecule has 6 nitrogen and oxygen atoms in total. The van der Waals surface area contributed by atoms with Gasteiger partial charge in [0.25, 0.3) is 11.7 Å². The van der Waals surface area contributed by atoms with Gasteiger partial charge in [-0.2, -0.15) is 0 Å². The summed E-state index contributed by atoms with van der Waals surface area (Å²) in [6, 6.07) is 19.2. The number of aliphatic hydroxyl groups is 1. The van der Waals surface area contributed by atoms with E-state index in [0.29, 0.717) is 47.4 Å². The first-order valence-electron chi connectivity index (χ1n) is 12.6. The lowest BCUT2D eigenvalue weighted by Crippen LogP contribution is -2.29. The number of carbonyl (C=O) groups excluding carboxylic acids is 2. The van der Waals surface area contributed by atoms with E-state index in [1.165, 1.54) is 4.90 Å². The SMILES string of the molecule is CCOc1ccc(C2/C(=C(/O)c3ccc(OCC(C)C)c(C)c3)C(=O)C(=O)N2c2cccc(C)c2)cc1. The summed E-state index contributed by atoms with van der Waals surface area (Å²) in [5.41, 5.74) is 3.57. The van der Waals surface area contributed by atoms with Crippen molar-refractivity contribution in [2.75, 3.05) is 18.1 Å². The highest BCUT2D eigenvalue weighted by molar-refractivity contribution is 6.51. The number of amides is 1. The maximum Gasteiger partial charge on any atom is 0.300 e. The number of carbonyl (C=O) groups is 2. The zero-order valence-electron chi connectivity index (χ0n) is 21.9. The number of anilines is 1. The molecule has 0 aliphatic carbocycles. The molecule has 37 heavy (non-hydrogen) atoms. The van der Waals surface area contributed by atoms with Crippen molar-refractivity contribution in [1.82, 2.24) is 0 Å². The van der Waals surface area contributed by atoms with Crippen molar-refractivity contribution < 1.29 is 24.2 Å². The first-order chi connectivity index (χ1) is 17.7.